The summed E-state index contributed by atoms with van der Waals surface area (Å²) in [5.41, 5.74) is 17.7. The molecule has 1 aromatic rings. The summed E-state index contributed by atoms with van der Waals surface area (Å²) < 4.78 is 1.74. The first-order chi connectivity index (χ1) is 6.96. The second kappa shape index (κ2) is 4.53. The molecule has 0 radical (unpaired) electrons. The van der Waals surface area contributed by atoms with Gasteiger partial charge in [0.25, 0.3) is 0 Å². The minimum atomic E-state index is 0.188. The van der Waals surface area contributed by atoms with Crippen molar-refractivity contribution in [1.29, 1.82) is 0 Å². The van der Waals surface area contributed by atoms with Gasteiger partial charge in [-0.3, -0.25) is 0 Å². The molecule has 5 heteroatoms. The Labute approximate surface area is 90.6 Å². The van der Waals surface area contributed by atoms with E-state index in [4.69, 9.17) is 17.2 Å². The quantitative estimate of drug-likeness (QED) is 0.671. The summed E-state index contributed by atoms with van der Waals surface area (Å²) in [4.78, 5) is 0. The lowest BCUT2D eigenvalue weighted by molar-refractivity contribution is 0.324. The summed E-state index contributed by atoms with van der Waals surface area (Å²) in [5.74, 6) is 0.556. The van der Waals surface area contributed by atoms with Crippen LogP contribution in [-0.4, -0.2) is 16.3 Å². The molecule has 6 N–H and O–H groups in total. The second-order valence-corrected chi connectivity index (χ2v) is 4.68. The van der Waals surface area contributed by atoms with Gasteiger partial charge in [0.05, 0.1) is 11.9 Å². The minimum Gasteiger partial charge on any atom is -0.394 e. The van der Waals surface area contributed by atoms with Crippen molar-refractivity contribution in [2.75, 3.05) is 18.0 Å². The average molecular weight is 211 g/mol. The monoisotopic (exact) mass is 211 g/mol. The molecule has 0 aliphatic heterocycles. The van der Waals surface area contributed by atoms with Gasteiger partial charge in [0.1, 0.15) is 5.82 Å². The summed E-state index contributed by atoms with van der Waals surface area (Å²) in [6.07, 6.45) is 3.65. The highest BCUT2D eigenvalue weighted by Crippen LogP contribution is 2.21. The zero-order chi connectivity index (χ0) is 11.5. The average Bonchev–Trinajstić information content (AvgIpc) is 2.49. The van der Waals surface area contributed by atoms with Gasteiger partial charge in [0, 0.05) is 6.54 Å². The van der Waals surface area contributed by atoms with Gasteiger partial charge in [-0.2, -0.15) is 5.10 Å². The highest BCUT2D eigenvalue weighted by molar-refractivity contribution is 5.56. The smallest absolute Gasteiger partial charge is 0.145 e. The van der Waals surface area contributed by atoms with Crippen LogP contribution in [0.2, 0.25) is 0 Å². The molecule has 0 spiro atoms. The molecule has 0 saturated carbocycles. The standard InChI is InChI=1S/C10H21N5/c1-10(2,7-11)4-3-5-15-9(13)8(12)6-14-15/h6H,3-5,7,11-13H2,1-2H3. The van der Waals surface area contributed by atoms with Crippen molar-refractivity contribution in [2.45, 2.75) is 33.2 Å². The fourth-order valence-electron chi connectivity index (χ4n) is 1.40. The number of nitrogen functional groups attached to an aromatic ring is 2. The third-order valence-corrected chi connectivity index (χ3v) is 2.69. The van der Waals surface area contributed by atoms with E-state index in [1.54, 1.807) is 10.9 Å². The first-order valence-corrected chi connectivity index (χ1v) is 5.23. The molecule has 0 aliphatic carbocycles. The van der Waals surface area contributed by atoms with Crippen LogP contribution < -0.4 is 17.2 Å². The molecule has 0 fully saturated rings. The summed E-state index contributed by atoms with van der Waals surface area (Å²) in [6, 6.07) is 0. The van der Waals surface area contributed by atoms with Crippen LogP contribution in [0, 0.1) is 5.41 Å². The van der Waals surface area contributed by atoms with Crippen molar-refractivity contribution in [3.8, 4) is 0 Å². The van der Waals surface area contributed by atoms with Gasteiger partial charge >= 0.3 is 0 Å². The molecule has 0 aliphatic rings. The van der Waals surface area contributed by atoms with Crippen molar-refractivity contribution in [3.05, 3.63) is 6.20 Å². The van der Waals surface area contributed by atoms with E-state index in [0.717, 1.165) is 19.4 Å². The fraction of sp³-hybridized carbons (Fsp3) is 0.700. The Bertz CT molecular complexity index is 316. The summed E-state index contributed by atoms with van der Waals surface area (Å²) in [7, 11) is 0. The topological polar surface area (TPSA) is 95.9 Å². The van der Waals surface area contributed by atoms with E-state index in [0.29, 0.717) is 18.1 Å². The van der Waals surface area contributed by atoms with Crippen molar-refractivity contribution < 1.29 is 0 Å². The lowest BCUT2D eigenvalue weighted by Crippen LogP contribution is -2.23. The van der Waals surface area contributed by atoms with Crippen LogP contribution in [0.1, 0.15) is 26.7 Å². The van der Waals surface area contributed by atoms with Crippen molar-refractivity contribution >= 4 is 11.5 Å². The number of aryl methyl sites for hydroxylation is 1. The van der Waals surface area contributed by atoms with Crippen LogP contribution in [0.4, 0.5) is 11.5 Å². The van der Waals surface area contributed by atoms with Crippen LogP contribution in [0.15, 0.2) is 6.20 Å². The number of hydrogen-bond acceptors (Lipinski definition) is 4. The number of nitrogens with zero attached hydrogens (tertiary/aromatic N) is 2. The Morgan fingerprint density at radius 1 is 1.40 bits per heavy atom. The predicted octanol–water partition coefficient (Wildman–Crippen LogP) is 0.813. The molecule has 0 bridgehead atoms. The van der Waals surface area contributed by atoms with Gasteiger partial charge in [0.15, 0.2) is 0 Å². The van der Waals surface area contributed by atoms with E-state index >= 15 is 0 Å². The maximum Gasteiger partial charge on any atom is 0.145 e. The molecule has 86 valence electrons. The maximum atomic E-state index is 5.74. The lowest BCUT2D eigenvalue weighted by Gasteiger charge is -2.21. The Hall–Kier alpha value is -1.23. The third kappa shape index (κ3) is 3.13. The van der Waals surface area contributed by atoms with E-state index in [1.165, 1.54) is 0 Å². The van der Waals surface area contributed by atoms with Crippen LogP contribution in [0.5, 0.6) is 0 Å². The van der Waals surface area contributed by atoms with Crippen LogP contribution >= 0.6 is 0 Å². The van der Waals surface area contributed by atoms with Crippen LogP contribution in [-0.2, 0) is 6.54 Å². The number of hydrogen-bond donors (Lipinski definition) is 3. The second-order valence-electron chi connectivity index (χ2n) is 4.68. The van der Waals surface area contributed by atoms with Gasteiger partial charge in [-0.1, -0.05) is 13.8 Å². The summed E-state index contributed by atoms with van der Waals surface area (Å²) in [5, 5.41) is 4.10. The molecule has 15 heavy (non-hydrogen) atoms. The third-order valence-electron chi connectivity index (χ3n) is 2.69. The number of aromatic nitrogens is 2. The lowest BCUT2D eigenvalue weighted by atomic mass is 9.88. The van der Waals surface area contributed by atoms with E-state index in [1.807, 2.05) is 0 Å². The molecular formula is C10H21N5. The number of nitrogens with two attached hydrogens (primary N) is 3. The molecule has 1 aromatic heterocycles. The van der Waals surface area contributed by atoms with Crippen molar-refractivity contribution in [1.82, 2.24) is 9.78 Å². The van der Waals surface area contributed by atoms with Gasteiger partial charge in [0.2, 0.25) is 0 Å². The zero-order valence-electron chi connectivity index (χ0n) is 9.53. The molecule has 0 unspecified atom stereocenters. The van der Waals surface area contributed by atoms with Gasteiger partial charge in [-0.15, -0.1) is 0 Å². The Morgan fingerprint density at radius 3 is 2.53 bits per heavy atom. The number of anilines is 2. The predicted molar refractivity (Wildman–Crippen MR) is 63.1 cm³/mol. The first-order valence-electron chi connectivity index (χ1n) is 5.23. The van der Waals surface area contributed by atoms with Crippen molar-refractivity contribution in [3.63, 3.8) is 0 Å². The highest BCUT2D eigenvalue weighted by atomic mass is 15.3. The van der Waals surface area contributed by atoms with Gasteiger partial charge in [-0.05, 0) is 24.8 Å². The molecule has 0 aromatic carbocycles. The largest absolute Gasteiger partial charge is 0.394 e. The summed E-state index contributed by atoms with van der Waals surface area (Å²) in [6.45, 7) is 5.82. The number of rotatable bonds is 5. The molecule has 0 atom stereocenters. The van der Waals surface area contributed by atoms with Gasteiger partial charge in [-0.25, -0.2) is 4.68 Å². The molecule has 1 heterocycles. The minimum absolute atomic E-state index is 0.188. The van der Waals surface area contributed by atoms with E-state index in [-0.39, 0.29) is 5.41 Å². The van der Waals surface area contributed by atoms with Crippen LogP contribution in [0.3, 0.4) is 0 Å². The summed E-state index contributed by atoms with van der Waals surface area (Å²) >= 11 is 0. The van der Waals surface area contributed by atoms with E-state index in [9.17, 15) is 0 Å². The molecule has 5 nitrogen and oxygen atoms in total. The Morgan fingerprint density at radius 2 is 2.07 bits per heavy atom. The van der Waals surface area contributed by atoms with Crippen molar-refractivity contribution in [2.24, 2.45) is 11.1 Å². The SMILES string of the molecule is CC(C)(CN)CCCn1ncc(N)c1N. The normalized spacial score (nSPS) is 11.9. The van der Waals surface area contributed by atoms with E-state index in [2.05, 4.69) is 18.9 Å². The zero-order valence-corrected chi connectivity index (χ0v) is 9.53. The molecule has 0 amide bonds. The van der Waals surface area contributed by atoms with E-state index < -0.39 is 0 Å². The highest BCUT2D eigenvalue weighted by Gasteiger charge is 2.15. The van der Waals surface area contributed by atoms with Crippen LogP contribution in [0.25, 0.3) is 0 Å². The fourth-order valence-corrected chi connectivity index (χ4v) is 1.40. The molecular weight excluding hydrogens is 190 g/mol. The van der Waals surface area contributed by atoms with Gasteiger partial charge < -0.3 is 17.2 Å². The molecule has 0 saturated heterocycles. The first kappa shape index (κ1) is 11.8. The Balaban J connectivity index is 2.42. The maximum absolute atomic E-state index is 5.74. The Kier molecular flexibility index (Phi) is 3.57. The molecule has 1 rings (SSSR count).